The first-order chi connectivity index (χ1) is 10.1. The molecule has 21 heavy (non-hydrogen) atoms. The van der Waals surface area contributed by atoms with E-state index in [0.717, 1.165) is 5.56 Å². The fraction of sp³-hybridized carbons (Fsp3) is 0.286. The molecule has 112 valence electrons. The van der Waals surface area contributed by atoms with Crippen LogP contribution in [0.5, 0.6) is 0 Å². The van der Waals surface area contributed by atoms with Gasteiger partial charge in [-0.1, -0.05) is 30.5 Å². The zero-order valence-electron chi connectivity index (χ0n) is 16.0. The normalized spacial score (nSPS) is 12.1. The molecule has 0 saturated heterocycles. The molecular weight excluding hydrogens is 339 g/mol. The zero-order chi connectivity index (χ0) is 18.9. The van der Waals surface area contributed by atoms with Gasteiger partial charge in [0.2, 0.25) is 0 Å². The number of aliphatic hydroxyl groups is 1. The molecule has 1 aromatic carbocycles. The Bertz CT molecular complexity index is 645. The molecule has 0 amide bonds. The molecule has 0 radical (unpaired) electrons. The van der Waals surface area contributed by atoms with Crippen molar-refractivity contribution in [2.75, 3.05) is 6.56 Å². The maximum Gasteiger partial charge on any atom is 1.00 e. The smallest absolute Gasteiger partial charge is 0.870 e. The largest absolute Gasteiger partial charge is 1.00 e. The number of halogens is 1. The van der Waals surface area contributed by atoms with Gasteiger partial charge in [-0.25, -0.2) is 8.42 Å². The quantitative estimate of drug-likeness (QED) is 0.411. The van der Waals surface area contributed by atoms with Crippen LogP contribution < -0.4 is 51.4 Å². The predicted octanol–water partition coefficient (Wildman–Crippen LogP) is -0.609. The van der Waals surface area contributed by atoms with Gasteiger partial charge in [0.1, 0.15) is 6.56 Å². The van der Waals surface area contributed by atoms with Crippen molar-refractivity contribution in [3.05, 3.63) is 29.8 Å². The minimum Gasteiger partial charge on any atom is -0.870 e. The number of aryl methyl sites for hydroxylation is 1. The summed E-state index contributed by atoms with van der Waals surface area (Å²) in [5.74, 6) is 3.43. The molecule has 0 bridgehead atoms. The first kappa shape index (κ1) is 19.2. The van der Waals surface area contributed by atoms with E-state index >= 15 is 0 Å². The molecule has 0 spiro atoms. The molecular formula is C14H18ClKO4S. The van der Waals surface area contributed by atoms with Gasteiger partial charge in [0.15, 0.2) is 0 Å². The van der Waals surface area contributed by atoms with E-state index in [2.05, 4.69) is 12.8 Å². The summed E-state index contributed by atoms with van der Waals surface area (Å²) in [6.45, 7) is 0.789. The van der Waals surface area contributed by atoms with E-state index in [4.69, 9.17) is 21.3 Å². The van der Waals surface area contributed by atoms with Gasteiger partial charge in [0.05, 0.1) is 7.64 Å². The van der Waals surface area contributed by atoms with Crippen LogP contribution in [0.4, 0.5) is 0 Å². The average molecular weight is 361 g/mol. The first-order valence-corrected chi connectivity index (χ1v) is 7.12. The van der Waals surface area contributed by atoms with Crippen LogP contribution in [0.3, 0.4) is 0 Å². The van der Waals surface area contributed by atoms with Crippen LogP contribution >= 0.6 is 10.7 Å². The molecule has 0 aromatic heterocycles. The van der Waals surface area contributed by atoms with Crippen molar-refractivity contribution in [2.24, 2.45) is 0 Å². The van der Waals surface area contributed by atoms with Gasteiger partial charge < -0.3 is 10.6 Å². The molecule has 0 fully saturated rings. The van der Waals surface area contributed by atoms with Gasteiger partial charge in [-0.3, -0.25) is 0 Å². The molecule has 0 heterocycles. The number of hydrogen-bond donors (Lipinski definition) is 1. The Kier molecular flexibility index (Phi) is 16.6. The number of rotatable bonds is 1. The van der Waals surface area contributed by atoms with Crippen LogP contribution in [0.25, 0.3) is 0 Å². The molecule has 4 nitrogen and oxygen atoms in total. The van der Waals surface area contributed by atoms with Gasteiger partial charge >= 0.3 is 51.4 Å². The van der Waals surface area contributed by atoms with Crippen LogP contribution in [0, 0.1) is 31.6 Å². The Morgan fingerprint density at radius 3 is 1.81 bits per heavy atom. The maximum absolute atomic E-state index is 10.7. The van der Waals surface area contributed by atoms with E-state index in [1.54, 1.807) is 12.1 Å². The van der Waals surface area contributed by atoms with Crippen LogP contribution in [0.15, 0.2) is 29.2 Å². The third-order valence-electron chi connectivity index (χ3n) is 1.51. The zero-order valence-corrected chi connectivity index (χ0v) is 16.7. The van der Waals surface area contributed by atoms with E-state index in [0.29, 0.717) is 0 Å². The van der Waals surface area contributed by atoms with Gasteiger partial charge in [0.25, 0.3) is 9.05 Å². The van der Waals surface area contributed by atoms with Crippen molar-refractivity contribution >= 4 is 19.7 Å². The number of hydrogen-bond acceptors (Lipinski definition) is 4. The standard InChI is InChI=1S/C7H7ClO2S.C4H6.C3H4O.K.H2O/c1-6-2-4-7(5-3-6)11(8,9)10;1-3-4-2;1-2-3-4;;/h2-5H,1H3;1H,4H2,2H3;1,4H,3H2;;1H2/q;;;+1;/p-1/i;4D2;3D2;;. The van der Waals surface area contributed by atoms with E-state index < -0.39 is 22.0 Å². The molecule has 1 rings (SSSR count). The van der Waals surface area contributed by atoms with Gasteiger partial charge in [-0.2, -0.15) is 0 Å². The van der Waals surface area contributed by atoms with E-state index in [9.17, 15) is 8.42 Å². The number of terminal acetylenes is 2. The summed E-state index contributed by atoms with van der Waals surface area (Å²) in [6.07, 6.45) is 7.68. The molecule has 0 saturated carbocycles. The summed E-state index contributed by atoms with van der Waals surface area (Å²) in [4.78, 5) is 0.143. The summed E-state index contributed by atoms with van der Waals surface area (Å²) in [5, 5.41) is 7.92. The summed E-state index contributed by atoms with van der Waals surface area (Å²) in [5.41, 5.74) is 1.01. The third kappa shape index (κ3) is 20.1. The van der Waals surface area contributed by atoms with Crippen molar-refractivity contribution in [3.8, 4) is 24.7 Å². The Hall–Kier alpha value is 0.136. The Balaban J connectivity index is -0.000000138. The molecule has 0 unspecified atom stereocenters. The second kappa shape index (κ2) is 18.2. The van der Waals surface area contributed by atoms with Crippen molar-refractivity contribution in [1.82, 2.24) is 0 Å². The molecule has 0 aliphatic rings. The SMILES string of the molecule is Cc1ccc(S(=O)(=O)Cl)cc1.[2H]C([2H])(C)C#C.[2H]C([2H])(O)C#C.[K+].[OH-]. The van der Waals surface area contributed by atoms with Gasteiger partial charge in [-0.15, -0.1) is 18.8 Å². The monoisotopic (exact) mass is 360 g/mol. The Morgan fingerprint density at radius 1 is 1.29 bits per heavy atom. The number of benzene rings is 1. The van der Waals surface area contributed by atoms with E-state index in [1.807, 2.05) is 12.8 Å². The fourth-order valence-corrected chi connectivity index (χ4v) is 1.47. The minimum atomic E-state index is -3.55. The summed E-state index contributed by atoms with van der Waals surface area (Å²) < 4.78 is 47.0. The average Bonchev–Trinajstić information content (AvgIpc) is 2.38. The molecule has 2 N–H and O–H groups in total. The molecule has 0 atom stereocenters. The second-order valence-corrected chi connectivity index (χ2v) is 5.47. The Labute approximate surface area is 180 Å². The van der Waals surface area contributed by atoms with Crippen molar-refractivity contribution < 1.29 is 75.9 Å². The van der Waals surface area contributed by atoms with Crippen LogP contribution in [-0.4, -0.2) is 25.6 Å². The topological polar surface area (TPSA) is 84.4 Å². The molecule has 0 aliphatic carbocycles. The summed E-state index contributed by atoms with van der Waals surface area (Å²) >= 11 is 0. The van der Waals surface area contributed by atoms with E-state index in [1.165, 1.54) is 25.0 Å². The summed E-state index contributed by atoms with van der Waals surface area (Å²) in [7, 11) is 1.54. The van der Waals surface area contributed by atoms with Crippen molar-refractivity contribution in [1.29, 1.82) is 0 Å². The second-order valence-electron chi connectivity index (χ2n) is 2.90. The van der Waals surface area contributed by atoms with E-state index in [-0.39, 0.29) is 61.8 Å². The third-order valence-corrected chi connectivity index (χ3v) is 2.88. The Morgan fingerprint density at radius 2 is 1.62 bits per heavy atom. The van der Waals surface area contributed by atoms with Crippen molar-refractivity contribution in [2.45, 2.75) is 25.1 Å². The maximum atomic E-state index is 10.7. The first-order valence-electron chi connectivity index (χ1n) is 6.81. The summed E-state index contributed by atoms with van der Waals surface area (Å²) in [6, 6.07) is 6.37. The fourth-order valence-electron chi connectivity index (χ4n) is 0.701. The van der Waals surface area contributed by atoms with Gasteiger partial charge in [-0.05, 0) is 19.1 Å². The minimum absolute atomic E-state index is 0. The van der Waals surface area contributed by atoms with Crippen molar-refractivity contribution in [3.63, 3.8) is 0 Å². The molecule has 1 aromatic rings. The predicted molar refractivity (Wildman–Crippen MR) is 81.2 cm³/mol. The van der Waals surface area contributed by atoms with Crippen LogP contribution in [-0.2, 0) is 9.05 Å². The van der Waals surface area contributed by atoms with Gasteiger partial charge in [0, 0.05) is 19.8 Å². The van der Waals surface area contributed by atoms with Crippen LogP contribution in [0.1, 0.15) is 24.3 Å². The molecule has 0 aliphatic heterocycles. The molecule has 7 heteroatoms. The van der Waals surface area contributed by atoms with Crippen LogP contribution in [0.2, 0.25) is 0 Å².